The standard InChI is InChI=1S/C10H10BrClN4/c1-6-3-2-4-16(6)10-8(11)9(12)14-7(5-13)15-10/h6H,2-4H2,1H3. The van der Waals surface area contributed by atoms with E-state index < -0.39 is 0 Å². The topological polar surface area (TPSA) is 52.8 Å². The number of hydrogen-bond donors (Lipinski definition) is 0. The van der Waals surface area contributed by atoms with Crippen LogP contribution in [0.3, 0.4) is 0 Å². The normalized spacial score (nSPS) is 19.9. The van der Waals surface area contributed by atoms with Crippen LogP contribution < -0.4 is 4.90 Å². The summed E-state index contributed by atoms with van der Waals surface area (Å²) >= 11 is 9.32. The molecule has 0 radical (unpaired) electrons. The molecule has 16 heavy (non-hydrogen) atoms. The Hall–Kier alpha value is -0.860. The van der Waals surface area contributed by atoms with E-state index in [1.807, 2.05) is 6.07 Å². The van der Waals surface area contributed by atoms with Crippen LogP contribution in [0.2, 0.25) is 5.15 Å². The minimum Gasteiger partial charge on any atom is -0.353 e. The second-order valence-corrected chi connectivity index (χ2v) is 4.92. The van der Waals surface area contributed by atoms with Crippen molar-refractivity contribution < 1.29 is 0 Å². The number of nitriles is 1. The summed E-state index contributed by atoms with van der Waals surface area (Å²) in [5, 5.41) is 9.11. The minimum atomic E-state index is 0.113. The molecule has 1 aliphatic heterocycles. The molecule has 1 aromatic heterocycles. The predicted molar refractivity (Wildman–Crippen MR) is 65.5 cm³/mol. The fraction of sp³-hybridized carbons (Fsp3) is 0.500. The van der Waals surface area contributed by atoms with Gasteiger partial charge in [-0.15, -0.1) is 0 Å². The maximum atomic E-state index is 8.82. The molecule has 0 bridgehead atoms. The van der Waals surface area contributed by atoms with Crippen LogP contribution in [0, 0.1) is 11.3 Å². The largest absolute Gasteiger partial charge is 0.353 e. The molecular formula is C10H10BrClN4. The van der Waals surface area contributed by atoms with E-state index in [0.29, 0.717) is 15.7 Å². The van der Waals surface area contributed by atoms with Crippen LogP contribution in [0.15, 0.2) is 4.47 Å². The first-order valence-electron chi connectivity index (χ1n) is 5.03. The van der Waals surface area contributed by atoms with E-state index >= 15 is 0 Å². The van der Waals surface area contributed by atoms with Crippen molar-refractivity contribution in [3.05, 3.63) is 15.5 Å². The van der Waals surface area contributed by atoms with Gasteiger partial charge in [0.2, 0.25) is 5.82 Å². The van der Waals surface area contributed by atoms with Crippen LogP contribution >= 0.6 is 27.5 Å². The quantitative estimate of drug-likeness (QED) is 0.748. The van der Waals surface area contributed by atoms with Gasteiger partial charge in [-0.1, -0.05) is 11.6 Å². The summed E-state index contributed by atoms with van der Waals surface area (Å²) in [5.74, 6) is 0.837. The third-order valence-corrected chi connectivity index (χ3v) is 3.95. The Labute approximate surface area is 107 Å². The van der Waals surface area contributed by atoms with Gasteiger partial charge < -0.3 is 4.90 Å². The monoisotopic (exact) mass is 300 g/mol. The SMILES string of the molecule is CC1CCCN1c1nc(C#N)nc(Cl)c1Br. The molecule has 0 amide bonds. The highest BCUT2D eigenvalue weighted by Gasteiger charge is 2.25. The van der Waals surface area contributed by atoms with Crippen molar-refractivity contribution in [2.45, 2.75) is 25.8 Å². The van der Waals surface area contributed by atoms with Gasteiger partial charge in [-0.3, -0.25) is 0 Å². The Morgan fingerprint density at radius 3 is 2.88 bits per heavy atom. The average Bonchev–Trinajstić information content (AvgIpc) is 2.68. The fourth-order valence-corrected chi connectivity index (χ4v) is 2.47. The Kier molecular flexibility index (Phi) is 3.31. The third-order valence-electron chi connectivity index (χ3n) is 2.72. The number of anilines is 1. The Bertz CT molecular complexity index is 457. The van der Waals surface area contributed by atoms with Crippen molar-refractivity contribution in [1.29, 1.82) is 5.26 Å². The molecule has 0 aromatic carbocycles. The second kappa shape index (κ2) is 4.56. The summed E-state index contributed by atoms with van der Waals surface area (Å²) in [4.78, 5) is 10.2. The van der Waals surface area contributed by atoms with E-state index in [1.165, 1.54) is 0 Å². The summed E-state index contributed by atoms with van der Waals surface area (Å²) < 4.78 is 0.668. The zero-order valence-electron chi connectivity index (χ0n) is 8.74. The number of halogens is 2. The van der Waals surface area contributed by atoms with Gasteiger partial charge in [-0.05, 0) is 35.7 Å². The van der Waals surface area contributed by atoms with E-state index in [9.17, 15) is 0 Å². The average molecular weight is 302 g/mol. The summed E-state index contributed by atoms with van der Waals surface area (Å²) in [6.45, 7) is 3.08. The van der Waals surface area contributed by atoms with Crippen molar-refractivity contribution in [2.24, 2.45) is 0 Å². The van der Waals surface area contributed by atoms with Crippen LogP contribution in [0.4, 0.5) is 5.82 Å². The van der Waals surface area contributed by atoms with E-state index in [4.69, 9.17) is 16.9 Å². The highest BCUT2D eigenvalue weighted by atomic mass is 79.9. The lowest BCUT2D eigenvalue weighted by atomic mass is 10.2. The maximum Gasteiger partial charge on any atom is 0.235 e. The van der Waals surface area contributed by atoms with Crippen LogP contribution in [0.1, 0.15) is 25.6 Å². The molecule has 0 N–H and O–H groups in total. The minimum absolute atomic E-state index is 0.113. The lowest BCUT2D eigenvalue weighted by Crippen LogP contribution is -2.28. The number of hydrogen-bond acceptors (Lipinski definition) is 4. The Morgan fingerprint density at radius 2 is 2.31 bits per heavy atom. The second-order valence-electron chi connectivity index (χ2n) is 3.77. The van der Waals surface area contributed by atoms with E-state index in [-0.39, 0.29) is 5.82 Å². The zero-order valence-corrected chi connectivity index (χ0v) is 11.1. The van der Waals surface area contributed by atoms with Gasteiger partial charge >= 0.3 is 0 Å². The molecule has 1 aliphatic rings. The number of aromatic nitrogens is 2. The van der Waals surface area contributed by atoms with Crippen LogP contribution in [-0.4, -0.2) is 22.6 Å². The molecule has 1 aromatic rings. The molecule has 2 rings (SSSR count). The van der Waals surface area contributed by atoms with Crippen molar-refractivity contribution in [1.82, 2.24) is 9.97 Å². The number of rotatable bonds is 1. The van der Waals surface area contributed by atoms with Gasteiger partial charge in [0.05, 0.1) is 4.47 Å². The first-order chi connectivity index (χ1) is 7.63. The molecule has 6 heteroatoms. The van der Waals surface area contributed by atoms with E-state index in [0.717, 1.165) is 25.2 Å². The summed E-state index contributed by atoms with van der Waals surface area (Å²) in [6.07, 6.45) is 2.27. The van der Waals surface area contributed by atoms with E-state index in [2.05, 4.69) is 37.7 Å². The smallest absolute Gasteiger partial charge is 0.235 e. The maximum absolute atomic E-state index is 8.82. The van der Waals surface area contributed by atoms with Gasteiger partial charge in [0, 0.05) is 12.6 Å². The molecule has 4 nitrogen and oxygen atoms in total. The third kappa shape index (κ3) is 2.00. The Balaban J connectivity index is 2.47. The van der Waals surface area contributed by atoms with Crippen molar-refractivity contribution in [2.75, 3.05) is 11.4 Å². The summed E-state index contributed by atoms with van der Waals surface area (Å²) in [6, 6.07) is 2.34. The van der Waals surface area contributed by atoms with Gasteiger partial charge in [0.15, 0.2) is 0 Å². The van der Waals surface area contributed by atoms with Gasteiger partial charge in [0.1, 0.15) is 17.0 Å². The summed E-state index contributed by atoms with van der Waals surface area (Å²) in [5.41, 5.74) is 0. The number of nitrogens with zero attached hydrogens (tertiary/aromatic N) is 4. The first kappa shape index (κ1) is 11.6. The predicted octanol–water partition coefficient (Wildman–Crippen LogP) is 2.75. The molecule has 1 unspecified atom stereocenters. The molecule has 2 heterocycles. The van der Waals surface area contributed by atoms with Crippen molar-refractivity contribution in [3.8, 4) is 6.07 Å². The lowest BCUT2D eigenvalue weighted by molar-refractivity contribution is 0.723. The molecular weight excluding hydrogens is 291 g/mol. The first-order valence-corrected chi connectivity index (χ1v) is 6.20. The molecule has 0 aliphatic carbocycles. The highest BCUT2D eigenvalue weighted by molar-refractivity contribution is 9.10. The van der Waals surface area contributed by atoms with Crippen molar-refractivity contribution >= 4 is 33.3 Å². The molecule has 84 valence electrons. The highest BCUT2D eigenvalue weighted by Crippen LogP contribution is 2.33. The van der Waals surface area contributed by atoms with E-state index in [1.54, 1.807) is 0 Å². The molecule has 1 atom stereocenters. The molecule has 1 saturated heterocycles. The molecule has 1 fully saturated rings. The molecule has 0 saturated carbocycles. The summed E-state index contributed by atoms with van der Waals surface area (Å²) in [7, 11) is 0. The van der Waals surface area contributed by atoms with Gasteiger partial charge in [-0.2, -0.15) is 5.26 Å². The van der Waals surface area contributed by atoms with Crippen LogP contribution in [-0.2, 0) is 0 Å². The van der Waals surface area contributed by atoms with Gasteiger partial charge in [0.25, 0.3) is 0 Å². The van der Waals surface area contributed by atoms with Gasteiger partial charge in [-0.25, -0.2) is 9.97 Å². The van der Waals surface area contributed by atoms with Crippen LogP contribution in [0.25, 0.3) is 0 Å². The zero-order chi connectivity index (χ0) is 11.7. The van der Waals surface area contributed by atoms with Crippen LogP contribution in [0.5, 0.6) is 0 Å². The molecule has 0 spiro atoms. The lowest BCUT2D eigenvalue weighted by Gasteiger charge is -2.23. The van der Waals surface area contributed by atoms with Crippen molar-refractivity contribution in [3.63, 3.8) is 0 Å². The fourth-order valence-electron chi connectivity index (χ4n) is 1.90. The Morgan fingerprint density at radius 1 is 1.56 bits per heavy atom.